The molecular weight excluding hydrogens is 337 g/mol. The third kappa shape index (κ3) is 3.11. The molecule has 2 rings (SSSR count). The van der Waals surface area contributed by atoms with E-state index >= 15 is 0 Å². The molecule has 21 heavy (non-hydrogen) atoms. The summed E-state index contributed by atoms with van der Waals surface area (Å²) in [6.45, 7) is 4.06. The maximum atomic E-state index is 14.2. The van der Waals surface area contributed by atoms with Gasteiger partial charge in [-0.3, -0.25) is 4.68 Å². The zero-order chi connectivity index (χ0) is 15.6. The maximum Gasteiger partial charge on any atom is 0.161 e. The second-order valence-corrected chi connectivity index (χ2v) is 5.94. The molecule has 0 aliphatic rings. The number of nitrogens with zero attached hydrogens (tertiary/aromatic N) is 2. The molecule has 0 aliphatic carbocycles. The van der Waals surface area contributed by atoms with E-state index in [1.54, 1.807) is 32.5 Å². The van der Waals surface area contributed by atoms with E-state index in [0.29, 0.717) is 11.3 Å². The van der Waals surface area contributed by atoms with Gasteiger partial charge in [0.15, 0.2) is 5.75 Å². The highest BCUT2D eigenvalue weighted by Crippen LogP contribution is 2.33. The summed E-state index contributed by atoms with van der Waals surface area (Å²) in [6, 6.07) is 4.71. The van der Waals surface area contributed by atoms with E-state index in [2.05, 4.69) is 26.3 Å². The van der Waals surface area contributed by atoms with Crippen molar-refractivity contribution in [1.29, 1.82) is 0 Å². The molecule has 1 unspecified atom stereocenters. The molecule has 0 amide bonds. The lowest BCUT2D eigenvalue weighted by Crippen LogP contribution is -2.24. The molecule has 1 aromatic heterocycles. The highest BCUT2D eigenvalue weighted by atomic mass is 79.9. The van der Waals surface area contributed by atoms with Crippen LogP contribution in [-0.4, -0.2) is 23.9 Å². The quantitative estimate of drug-likeness (QED) is 0.888. The zero-order valence-corrected chi connectivity index (χ0v) is 14.1. The van der Waals surface area contributed by atoms with Crippen LogP contribution in [0.3, 0.4) is 0 Å². The van der Waals surface area contributed by atoms with E-state index in [-0.39, 0.29) is 17.9 Å². The fourth-order valence-corrected chi connectivity index (χ4v) is 2.75. The molecule has 1 atom stereocenters. The molecule has 0 spiro atoms. The minimum absolute atomic E-state index is 0.148. The van der Waals surface area contributed by atoms with Crippen LogP contribution in [0.15, 0.2) is 28.9 Å². The van der Waals surface area contributed by atoms with Crippen LogP contribution < -0.4 is 10.1 Å². The number of aromatic nitrogens is 2. The molecule has 114 valence electrons. The first-order chi connectivity index (χ1) is 9.99. The van der Waals surface area contributed by atoms with Gasteiger partial charge in [-0.25, -0.2) is 4.39 Å². The van der Waals surface area contributed by atoms with Crippen molar-refractivity contribution in [2.24, 2.45) is 0 Å². The highest BCUT2D eigenvalue weighted by Gasteiger charge is 2.26. The smallest absolute Gasteiger partial charge is 0.161 e. The van der Waals surface area contributed by atoms with Gasteiger partial charge < -0.3 is 10.1 Å². The second-order valence-electron chi connectivity index (χ2n) is 5.02. The van der Waals surface area contributed by atoms with Crippen molar-refractivity contribution in [1.82, 2.24) is 15.1 Å². The summed E-state index contributed by atoms with van der Waals surface area (Å²) in [4.78, 5) is 0. The molecule has 1 aromatic carbocycles. The average molecular weight is 356 g/mol. The molecular formula is C15H19BrFN3O. The SMILES string of the molecule is CNC(c1cc(Br)ccc1F)c1c(OC)cnn1C(C)C. The minimum atomic E-state index is -0.345. The van der Waals surface area contributed by atoms with Crippen molar-refractivity contribution >= 4 is 15.9 Å². The molecule has 4 nitrogen and oxygen atoms in total. The van der Waals surface area contributed by atoms with Crippen LogP contribution in [0.25, 0.3) is 0 Å². The Morgan fingerprint density at radius 1 is 1.38 bits per heavy atom. The van der Waals surface area contributed by atoms with Crippen LogP contribution in [0.4, 0.5) is 4.39 Å². The van der Waals surface area contributed by atoms with Crippen LogP contribution in [0.1, 0.15) is 37.2 Å². The summed E-state index contributed by atoms with van der Waals surface area (Å²) in [5.74, 6) is 0.374. The predicted octanol–water partition coefficient (Wildman–Crippen LogP) is 3.68. The van der Waals surface area contributed by atoms with Crippen molar-refractivity contribution in [2.45, 2.75) is 25.9 Å². The Morgan fingerprint density at radius 3 is 2.67 bits per heavy atom. The Hall–Kier alpha value is -1.40. The molecule has 0 saturated carbocycles. The second kappa shape index (κ2) is 6.58. The Kier molecular flexibility index (Phi) is 5.00. The van der Waals surface area contributed by atoms with Crippen molar-refractivity contribution < 1.29 is 9.13 Å². The van der Waals surface area contributed by atoms with E-state index < -0.39 is 0 Å². The van der Waals surface area contributed by atoms with E-state index in [4.69, 9.17) is 4.74 Å². The number of rotatable bonds is 5. The van der Waals surface area contributed by atoms with Gasteiger partial charge in [-0.15, -0.1) is 0 Å². The molecule has 0 saturated heterocycles. The number of nitrogens with one attached hydrogen (secondary N) is 1. The predicted molar refractivity (Wildman–Crippen MR) is 84.2 cm³/mol. The summed E-state index contributed by atoms with van der Waals surface area (Å²) in [7, 11) is 3.39. The third-order valence-electron chi connectivity index (χ3n) is 3.34. The lowest BCUT2D eigenvalue weighted by atomic mass is 10.0. The van der Waals surface area contributed by atoms with Gasteiger partial charge in [0.25, 0.3) is 0 Å². The molecule has 0 radical (unpaired) electrons. The molecule has 1 heterocycles. The topological polar surface area (TPSA) is 39.1 Å². The van der Waals surface area contributed by atoms with Crippen LogP contribution in [0, 0.1) is 5.82 Å². The minimum Gasteiger partial charge on any atom is -0.493 e. The monoisotopic (exact) mass is 355 g/mol. The van der Waals surface area contributed by atoms with Crippen LogP contribution in [0.5, 0.6) is 5.75 Å². The highest BCUT2D eigenvalue weighted by molar-refractivity contribution is 9.10. The van der Waals surface area contributed by atoms with E-state index in [9.17, 15) is 4.39 Å². The Balaban J connectivity index is 2.61. The van der Waals surface area contributed by atoms with Gasteiger partial charge in [-0.05, 0) is 39.1 Å². The Bertz CT molecular complexity index is 627. The fraction of sp³-hybridized carbons (Fsp3) is 0.400. The Morgan fingerprint density at radius 2 is 2.10 bits per heavy atom. The lowest BCUT2D eigenvalue weighted by Gasteiger charge is -2.22. The molecule has 6 heteroatoms. The van der Waals surface area contributed by atoms with Crippen molar-refractivity contribution in [3.05, 3.63) is 45.9 Å². The summed E-state index contributed by atoms with van der Waals surface area (Å²) < 4.78 is 22.3. The molecule has 1 N–H and O–H groups in total. The largest absolute Gasteiger partial charge is 0.493 e. The van der Waals surface area contributed by atoms with Gasteiger partial charge >= 0.3 is 0 Å². The summed E-state index contributed by atoms with van der Waals surface area (Å²) in [6.07, 6.45) is 1.66. The molecule has 2 aromatic rings. The first kappa shape index (κ1) is 16.0. The van der Waals surface area contributed by atoms with Gasteiger partial charge in [-0.1, -0.05) is 15.9 Å². The third-order valence-corrected chi connectivity index (χ3v) is 3.83. The number of benzene rings is 1. The molecule has 0 bridgehead atoms. The summed E-state index contributed by atoms with van der Waals surface area (Å²) in [5.41, 5.74) is 1.36. The molecule has 0 fully saturated rings. The van der Waals surface area contributed by atoms with Crippen molar-refractivity contribution in [3.8, 4) is 5.75 Å². The number of halogens is 2. The zero-order valence-electron chi connectivity index (χ0n) is 12.5. The van der Waals surface area contributed by atoms with Crippen LogP contribution >= 0.6 is 15.9 Å². The van der Waals surface area contributed by atoms with Crippen LogP contribution in [0.2, 0.25) is 0 Å². The first-order valence-electron chi connectivity index (χ1n) is 6.73. The standard InChI is InChI=1S/C15H19BrFN3O/c1-9(2)20-15(13(21-4)8-19-20)14(18-3)11-7-10(16)5-6-12(11)17/h5-9,14,18H,1-4H3. The van der Waals surface area contributed by atoms with Gasteiger partial charge in [0.05, 0.1) is 19.3 Å². The van der Waals surface area contributed by atoms with Gasteiger partial charge in [0, 0.05) is 16.1 Å². The number of ether oxygens (including phenoxy) is 1. The van der Waals surface area contributed by atoms with Gasteiger partial charge in [-0.2, -0.15) is 5.10 Å². The number of hydrogen-bond donors (Lipinski definition) is 1. The van der Waals surface area contributed by atoms with Gasteiger partial charge in [0.2, 0.25) is 0 Å². The summed E-state index contributed by atoms with van der Waals surface area (Å²) >= 11 is 3.39. The number of hydrogen-bond acceptors (Lipinski definition) is 3. The Labute approximate surface area is 132 Å². The normalized spacial score (nSPS) is 12.7. The first-order valence-corrected chi connectivity index (χ1v) is 7.52. The van der Waals surface area contributed by atoms with Crippen molar-refractivity contribution in [3.63, 3.8) is 0 Å². The summed E-state index contributed by atoms with van der Waals surface area (Å²) in [5, 5.41) is 7.51. The maximum absolute atomic E-state index is 14.2. The van der Waals surface area contributed by atoms with Gasteiger partial charge in [0.1, 0.15) is 11.5 Å². The van der Waals surface area contributed by atoms with E-state index in [1.807, 2.05) is 18.5 Å². The average Bonchev–Trinajstić information content (AvgIpc) is 2.87. The van der Waals surface area contributed by atoms with Crippen molar-refractivity contribution in [2.75, 3.05) is 14.2 Å². The van der Waals surface area contributed by atoms with E-state index in [0.717, 1.165) is 10.2 Å². The number of methoxy groups -OCH3 is 1. The van der Waals surface area contributed by atoms with Crippen LogP contribution in [-0.2, 0) is 0 Å². The molecule has 0 aliphatic heterocycles. The fourth-order valence-electron chi connectivity index (χ4n) is 2.37. The lowest BCUT2D eigenvalue weighted by molar-refractivity contribution is 0.394. The van der Waals surface area contributed by atoms with E-state index in [1.165, 1.54) is 6.07 Å².